The van der Waals surface area contributed by atoms with Crippen LogP contribution in [-0.2, 0) is 17.8 Å². The highest BCUT2D eigenvalue weighted by molar-refractivity contribution is 7.10. The van der Waals surface area contributed by atoms with Gasteiger partial charge >= 0.3 is 12.0 Å². The van der Waals surface area contributed by atoms with E-state index < -0.39 is 5.97 Å². The van der Waals surface area contributed by atoms with Crippen LogP contribution in [0.4, 0.5) is 4.79 Å². The number of carbonyl (C=O) groups excluding carboxylic acids is 1. The SMILES string of the molecule is O=C(O)C1CC2CCC1N2C(=O)N1CCc2sccc2C1. The molecule has 0 saturated carbocycles. The van der Waals surface area contributed by atoms with Gasteiger partial charge in [0.15, 0.2) is 0 Å². The third kappa shape index (κ3) is 1.96. The summed E-state index contributed by atoms with van der Waals surface area (Å²) < 4.78 is 0. The van der Waals surface area contributed by atoms with Crippen LogP contribution in [0.1, 0.15) is 29.7 Å². The van der Waals surface area contributed by atoms with Gasteiger partial charge < -0.3 is 14.9 Å². The third-order valence-corrected chi connectivity index (χ3v) is 6.18. The molecule has 1 N–H and O–H groups in total. The number of amides is 2. The number of urea groups is 1. The second kappa shape index (κ2) is 4.73. The van der Waals surface area contributed by atoms with Gasteiger partial charge in [0, 0.05) is 30.1 Å². The van der Waals surface area contributed by atoms with E-state index in [1.165, 1.54) is 10.4 Å². The minimum Gasteiger partial charge on any atom is -0.481 e. The van der Waals surface area contributed by atoms with Gasteiger partial charge in [-0.05, 0) is 42.7 Å². The summed E-state index contributed by atoms with van der Waals surface area (Å²) in [6, 6.07) is 2.18. The molecule has 6 heteroatoms. The van der Waals surface area contributed by atoms with E-state index >= 15 is 0 Å². The number of nitrogens with zero attached hydrogens (tertiary/aromatic N) is 2. The first-order valence-electron chi connectivity index (χ1n) is 7.50. The van der Waals surface area contributed by atoms with Crippen molar-refractivity contribution in [3.63, 3.8) is 0 Å². The van der Waals surface area contributed by atoms with Crippen LogP contribution in [0.5, 0.6) is 0 Å². The molecule has 21 heavy (non-hydrogen) atoms. The number of hydrogen-bond donors (Lipinski definition) is 1. The lowest BCUT2D eigenvalue weighted by atomic mass is 9.89. The molecule has 3 aliphatic rings. The Kier molecular flexibility index (Phi) is 2.96. The predicted octanol–water partition coefficient (Wildman–Crippen LogP) is 2.16. The molecule has 0 radical (unpaired) electrons. The standard InChI is InChI=1S/C15H18N2O3S/c18-14(19)11-7-10-1-2-12(11)17(10)15(20)16-5-3-13-9(8-16)4-6-21-13/h4,6,10-12H,1-3,5,7-8H2,(H,18,19). The van der Waals surface area contributed by atoms with E-state index in [1.807, 2.05) is 9.80 Å². The fourth-order valence-electron chi connectivity index (χ4n) is 4.13. The van der Waals surface area contributed by atoms with Crippen LogP contribution in [0.3, 0.4) is 0 Å². The van der Waals surface area contributed by atoms with E-state index in [1.54, 1.807) is 11.3 Å². The summed E-state index contributed by atoms with van der Waals surface area (Å²) in [5.41, 5.74) is 1.25. The number of carboxylic acid groups (broad SMARTS) is 1. The summed E-state index contributed by atoms with van der Waals surface area (Å²) >= 11 is 1.76. The van der Waals surface area contributed by atoms with Gasteiger partial charge in [-0.3, -0.25) is 4.79 Å². The molecular formula is C15H18N2O3S. The van der Waals surface area contributed by atoms with Crippen molar-refractivity contribution in [1.29, 1.82) is 0 Å². The van der Waals surface area contributed by atoms with Gasteiger partial charge in [-0.2, -0.15) is 0 Å². The zero-order valence-corrected chi connectivity index (χ0v) is 12.5. The molecule has 2 fully saturated rings. The summed E-state index contributed by atoms with van der Waals surface area (Å²) in [5, 5.41) is 11.4. The Hall–Kier alpha value is -1.56. The van der Waals surface area contributed by atoms with Gasteiger partial charge in [-0.15, -0.1) is 11.3 Å². The summed E-state index contributed by atoms with van der Waals surface area (Å²) in [7, 11) is 0. The van der Waals surface area contributed by atoms with Crippen molar-refractivity contribution in [2.75, 3.05) is 6.54 Å². The molecule has 4 heterocycles. The molecule has 3 unspecified atom stereocenters. The van der Waals surface area contributed by atoms with Crippen LogP contribution >= 0.6 is 11.3 Å². The van der Waals surface area contributed by atoms with E-state index in [2.05, 4.69) is 11.4 Å². The first kappa shape index (κ1) is 13.1. The number of rotatable bonds is 1. The molecule has 3 atom stereocenters. The van der Waals surface area contributed by atoms with Crippen LogP contribution in [-0.4, -0.2) is 45.5 Å². The van der Waals surface area contributed by atoms with E-state index in [9.17, 15) is 14.7 Å². The highest BCUT2D eigenvalue weighted by atomic mass is 32.1. The number of carbonyl (C=O) groups is 2. The summed E-state index contributed by atoms with van der Waals surface area (Å²) in [6.45, 7) is 1.42. The molecule has 3 aliphatic heterocycles. The average Bonchev–Trinajstić information content (AvgIpc) is 3.19. The van der Waals surface area contributed by atoms with Crippen LogP contribution in [0, 0.1) is 5.92 Å². The largest absolute Gasteiger partial charge is 0.481 e. The van der Waals surface area contributed by atoms with Crippen molar-refractivity contribution in [3.05, 3.63) is 21.9 Å². The zero-order valence-electron chi connectivity index (χ0n) is 11.7. The Bertz CT molecular complexity index is 599. The van der Waals surface area contributed by atoms with Crippen LogP contribution in [0.15, 0.2) is 11.4 Å². The van der Waals surface area contributed by atoms with Crippen molar-refractivity contribution < 1.29 is 14.7 Å². The monoisotopic (exact) mass is 306 g/mol. The first-order valence-corrected chi connectivity index (χ1v) is 8.38. The molecule has 2 saturated heterocycles. The minimum atomic E-state index is -0.751. The normalized spacial score (nSPS) is 30.6. The van der Waals surface area contributed by atoms with E-state index in [0.29, 0.717) is 13.0 Å². The number of hydrogen-bond acceptors (Lipinski definition) is 3. The van der Waals surface area contributed by atoms with Gasteiger partial charge in [0.2, 0.25) is 0 Å². The molecule has 0 aliphatic carbocycles. The number of fused-ring (bicyclic) bond motifs is 3. The Balaban J connectivity index is 1.53. The van der Waals surface area contributed by atoms with Crippen LogP contribution in [0.2, 0.25) is 0 Å². The average molecular weight is 306 g/mol. The maximum atomic E-state index is 12.8. The molecule has 5 nitrogen and oxygen atoms in total. The lowest BCUT2D eigenvalue weighted by Crippen LogP contribution is -2.48. The van der Waals surface area contributed by atoms with Gasteiger partial charge in [0.05, 0.1) is 5.92 Å². The summed E-state index contributed by atoms with van der Waals surface area (Å²) in [5.74, 6) is -1.12. The molecule has 4 rings (SSSR count). The highest BCUT2D eigenvalue weighted by Gasteiger charge is 2.52. The van der Waals surface area contributed by atoms with Gasteiger partial charge in [-0.25, -0.2) is 4.79 Å². The Morgan fingerprint density at radius 3 is 2.95 bits per heavy atom. The molecule has 0 spiro atoms. The quantitative estimate of drug-likeness (QED) is 0.865. The molecule has 2 amide bonds. The molecular weight excluding hydrogens is 288 g/mol. The van der Waals surface area contributed by atoms with Crippen LogP contribution in [0.25, 0.3) is 0 Å². The van der Waals surface area contributed by atoms with Gasteiger partial charge in [0.25, 0.3) is 0 Å². The first-order chi connectivity index (χ1) is 10.1. The lowest BCUT2D eigenvalue weighted by molar-refractivity contribution is -0.142. The number of thiophene rings is 1. The van der Waals surface area contributed by atoms with E-state index in [0.717, 1.165) is 25.8 Å². The van der Waals surface area contributed by atoms with Gasteiger partial charge in [0.1, 0.15) is 0 Å². The molecule has 1 aromatic rings. The second-order valence-corrected chi connectivity index (χ2v) is 7.21. The predicted molar refractivity (Wildman–Crippen MR) is 78.2 cm³/mol. The number of carboxylic acids is 1. The fraction of sp³-hybridized carbons (Fsp3) is 0.600. The smallest absolute Gasteiger partial charge is 0.320 e. The Morgan fingerprint density at radius 2 is 2.19 bits per heavy atom. The lowest BCUT2D eigenvalue weighted by Gasteiger charge is -2.33. The topological polar surface area (TPSA) is 60.9 Å². The molecule has 1 aromatic heterocycles. The maximum absolute atomic E-state index is 12.8. The summed E-state index contributed by atoms with van der Waals surface area (Å²) in [4.78, 5) is 29.3. The fourth-order valence-corrected chi connectivity index (χ4v) is 5.02. The van der Waals surface area contributed by atoms with E-state index in [4.69, 9.17) is 0 Å². The molecule has 0 aromatic carbocycles. The van der Waals surface area contributed by atoms with Crippen molar-refractivity contribution >= 4 is 23.3 Å². The Labute approximate surface area is 127 Å². The van der Waals surface area contributed by atoms with Crippen molar-refractivity contribution in [2.45, 2.75) is 44.3 Å². The van der Waals surface area contributed by atoms with Crippen molar-refractivity contribution in [3.8, 4) is 0 Å². The second-order valence-electron chi connectivity index (χ2n) is 6.21. The molecule has 2 bridgehead atoms. The van der Waals surface area contributed by atoms with Crippen molar-refractivity contribution in [2.24, 2.45) is 5.92 Å². The molecule has 112 valence electrons. The maximum Gasteiger partial charge on any atom is 0.320 e. The number of aliphatic carboxylic acids is 1. The van der Waals surface area contributed by atoms with Gasteiger partial charge in [-0.1, -0.05) is 0 Å². The third-order valence-electron chi connectivity index (χ3n) is 5.15. The zero-order chi connectivity index (χ0) is 14.6. The highest BCUT2D eigenvalue weighted by Crippen LogP contribution is 2.42. The van der Waals surface area contributed by atoms with E-state index in [-0.39, 0.29) is 24.0 Å². The van der Waals surface area contributed by atoms with Crippen LogP contribution < -0.4 is 0 Å². The summed E-state index contributed by atoms with van der Waals surface area (Å²) in [6.07, 6.45) is 3.34. The minimum absolute atomic E-state index is 0.0445. The van der Waals surface area contributed by atoms with Crippen molar-refractivity contribution in [1.82, 2.24) is 9.80 Å². The Morgan fingerprint density at radius 1 is 1.33 bits per heavy atom.